The first-order valence-corrected chi connectivity index (χ1v) is 10.5. The van der Waals surface area contributed by atoms with Crippen LogP contribution in [-0.2, 0) is 16.6 Å². The number of nitrogen functional groups attached to an aromatic ring is 1. The predicted octanol–water partition coefficient (Wildman–Crippen LogP) is 1.31. The summed E-state index contributed by atoms with van der Waals surface area (Å²) in [6, 6.07) is 6.12. The molecule has 5 N–H and O–H groups in total. The second-order valence-electron chi connectivity index (χ2n) is 6.69. The number of H-pyrrole nitrogens is 1. The smallest absolute Gasteiger partial charge is 0.280 e. The number of nitrogens with one attached hydrogen (secondary N) is 3. The van der Waals surface area contributed by atoms with E-state index in [1.165, 1.54) is 18.3 Å². The van der Waals surface area contributed by atoms with Gasteiger partial charge in [0.05, 0.1) is 29.0 Å². The lowest BCUT2D eigenvalue weighted by Crippen LogP contribution is -2.15. The highest BCUT2D eigenvalue weighted by Crippen LogP contribution is 2.22. The minimum absolute atomic E-state index is 0.0317. The van der Waals surface area contributed by atoms with Crippen LogP contribution in [0, 0.1) is 13.8 Å². The van der Waals surface area contributed by atoms with Crippen LogP contribution in [0.1, 0.15) is 17.0 Å². The fraction of sp³-hybridized carbons (Fsp3) is 0.167. The Kier molecular flexibility index (Phi) is 5.02. The Bertz CT molecular complexity index is 1430. The van der Waals surface area contributed by atoms with Crippen molar-refractivity contribution in [2.24, 2.45) is 0 Å². The molecule has 1 aromatic carbocycles. The van der Waals surface area contributed by atoms with Crippen molar-refractivity contribution < 1.29 is 12.9 Å². The van der Waals surface area contributed by atoms with Crippen molar-refractivity contribution in [2.75, 3.05) is 15.8 Å². The zero-order valence-electron chi connectivity index (χ0n) is 16.5. The molecule has 13 heteroatoms. The van der Waals surface area contributed by atoms with E-state index in [1.807, 2.05) is 0 Å². The highest BCUT2D eigenvalue weighted by molar-refractivity contribution is 7.92. The number of aromatic amines is 1. The third kappa shape index (κ3) is 4.16. The van der Waals surface area contributed by atoms with Gasteiger partial charge in [-0.15, -0.1) is 0 Å². The highest BCUT2D eigenvalue weighted by atomic mass is 32.2. The quantitative estimate of drug-likeness (QED) is 0.340. The number of aromatic nitrogens is 5. The van der Waals surface area contributed by atoms with Crippen LogP contribution in [0.4, 0.5) is 17.5 Å². The molecule has 0 radical (unpaired) electrons. The monoisotopic (exact) mass is 442 g/mol. The Hall–Kier alpha value is -4.00. The Morgan fingerprint density at radius 3 is 2.58 bits per heavy atom. The number of aryl methyl sites for hydroxylation is 1. The summed E-state index contributed by atoms with van der Waals surface area (Å²) in [5.41, 5.74) is 7.63. The molecule has 12 nitrogen and oxygen atoms in total. The van der Waals surface area contributed by atoms with E-state index >= 15 is 0 Å². The van der Waals surface area contributed by atoms with Crippen LogP contribution in [0.2, 0.25) is 0 Å². The molecule has 0 saturated heterocycles. The molecule has 160 valence electrons. The van der Waals surface area contributed by atoms with Crippen molar-refractivity contribution in [1.29, 1.82) is 0 Å². The molecule has 0 atom stereocenters. The van der Waals surface area contributed by atoms with Gasteiger partial charge in [0.1, 0.15) is 0 Å². The topological polar surface area (TPSA) is 182 Å². The van der Waals surface area contributed by atoms with Crippen molar-refractivity contribution in [3.8, 4) is 0 Å². The van der Waals surface area contributed by atoms with Crippen LogP contribution < -0.4 is 21.3 Å². The maximum Gasteiger partial charge on any atom is 0.280 e. The number of nitrogens with two attached hydrogens (primary N) is 1. The summed E-state index contributed by atoms with van der Waals surface area (Å²) in [6.07, 6.45) is 1.48. The van der Waals surface area contributed by atoms with Crippen LogP contribution in [0.15, 0.2) is 44.7 Å². The lowest BCUT2D eigenvalue weighted by molar-refractivity contribution is 0.430. The molecule has 0 bridgehead atoms. The highest BCUT2D eigenvalue weighted by Gasteiger charge is 2.19. The minimum atomic E-state index is -3.83. The molecule has 0 amide bonds. The molecule has 0 aliphatic rings. The Balaban J connectivity index is 1.47. The van der Waals surface area contributed by atoms with Gasteiger partial charge in [-0.25, -0.2) is 23.1 Å². The van der Waals surface area contributed by atoms with Crippen LogP contribution in [0.25, 0.3) is 11.2 Å². The summed E-state index contributed by atoms with van der Waals surface area (Å²) in [4.78, 5) is 26.6. The summed E-state index contributed by atoms with van der Waals surface area (Å²) in [5.74, 6) is 0.0524. The molecule has 0 aliphatic carbocycles. The van der Waals surface area contributed by atoms with Crippen LogP contribution in [-0.4, -0.2) is 33.5 Å². The third-order valence-corrected chi connectivity index (χ3v) is 5.86. The van der Waals surface area contributed by atoms with Crippen LogP contribution >= 0.6 is 0 Å². The number of benzene rings is 1. The average Bonchev–Trinajstić information content (AvgIpc) is 3.04. The molecule has 3 heterocycles. The fourth-order valence-electron chi connectivity index (χ4n) is 2.69. The van der Waals surface area contributed by atoms with Crippen LogP contribution in [0.3, 0.4) is 0 Å². The number of fused-ring (bicyclic) bond motifs is 1. The van der Waals surface area contributed by atoms with Gasteiger partial charge in [-0.1, -0.05) is 5.16 Å². The first kappa shape index (κ1) is 20.3. The lowest BCUT2D eigenvalue weighted by Gasteiger charge is -2.09. The predicted molar refractivity (Wildman–Crippen MR) is 113 cm³/mol. The summed E-state index contributed by atoms with van der Waals surface area (Å²) in [6.45, 7) is 3.69. The largest absolute Gasteiger partial charge is 0.379 e. The molecule has 4 rings (SSSR count). The SMILES string of the molecule is Cc1noc(NS(=O)(=O)c2ccc(NCc3cnc4nc(N)[nH]c(=O)c4n3)cc2)c1C. The summed E-state index contributed by atoms with van der Waals surface area (Å²) in [5, 5.41) is 6.83. The van der Waals surface area contributed by atoms with Crippen molar-refractivity contribution in [2.45, 2.75) is 25.3 Å². The van der Waals surface area contributed by atoms with Gasteiger partial charge in [0, 0.05) is 11.3 Å². The maximum atomic E-state index is 12.5. The van der Waals surface area contributed by atoms with Gasteiger partial charge in [0.25, 0.3) is 15.6 Å². The number of hydrogen-bond acceptors (Lipinski definition) is 10. The molecular weight excluding hydrogens is 424 g/mol. The van der Waals surface area contributed by atoms with Crippen molar-refractivity contribution in [1.82, 2.24) is 25.1 Å². The molecule has 31 heavy (non-hydrogen) atoms. The van der Waals surface area contributed by atoms with E-state index in [9.17, 15) is 13.2 Å². The number of hydrogen-bond donors (Lipinski definition) is 4. The molecule has 0 aliphatic heterocycles. The zero-order chi connectivity index (χ0) is 22.2. The van der Waals surface area contributed by atoms with E-state index in [4.69, 9.17) is 10.3 Å². The second-order valence-corrected chi connectivity index (χ2v) is 8.37. The molecule has 0 unspecified atom stereocenters. The maximum absolute atomic E-state index is 12.5. The molecule has 0 saturated carbocycles. The lowest BCUT2D eigenvalue weighted by atomic mass is 10.3. The van der Waals surface area contributed by atoms with Crippen molar-refractivity contribution >= 4 is 38.7 Å². The van der Waals surface area contributed by atoms with Crippen LogP contribution in [0.5, 0.6) is 0 Å². The van der Waals surface area contributed by atoms with E-state index in [-0.39, 0.29) is 34.4 Å². The number of rotatable bonds is 6. The average molecular weight is 442 g/mol. The van der Waals surface area contributed by atoms with Gasteiger partial charge < -0.3 is 15.6 Å². The number of nitrogens with zero attached hydrogens (tertiary/aromatic N) is 4. The van der Waals surface area contributed by atoms with Gasteiger partial charge in [0.15, 0.2) is 11.2 Å². The van der Waals surface area contributed by atoms with Gasteiger partial charge >= 0.3 is 0 Å². The van der Waals surface area contributed by atoms with Gasteiger partial charge in [-0.2, -0.15) is 4.98 Å². The van der Waals surface area contributed by atoms with Gasteiger partial charge in [0.2, 0.25) is 11.8 Å². The Labute approximate surface area is 176 Å². The van der Waals surface area contributed by atoms with Crippen molar-refractivity contribution in [3.05, 3.63) is 57.8 Å². The minimum Gasteiger partial charge on any atom is -0.379 e. The van der Waals surface area contributed by atoms with E-state index in [0.29, 0.717) is 22.6 Å². The normalized spacial score (nSPS) is 11.5. The van der Waals surface area contributed by atoms with Gasteiger partial charge in [-0.05, 0) is 38.1 Å². The van der Waals surface area contributed by atoms with Gasteiger partial charge in [-0.3, -0.25) is 9.78 Å². The molecule has 0 fully saturated rings. The third-order valence-electron chi connectivity index (χ3n) is 4.51. The van der Waals surface area contributed by atoms with E-state index in [1.54, 1.807) is 26.0 Å². The van der Waals surface area contributed by atoms with E-state index < -0.39 is 15.6 Å². The van der Waals surface area contributed by atoms with E-state index in [0.717, 1.165) is 0 Å². The number of sulfonamides is 1. The molecule has 0 spiro atoms. The standard InChI is InChI=1S/C18H18N8O4S/c1-9-10(2)25-30-17(9)26-31(28,29)13-5-3-11(4-6-13)20-7-12-8-21-15-14(22-12)16(27)24-18(19)23-15/h3-6,8,20,26H,7H2,1-2H3,(H3,19,21,23,24,27). The Morgan fingerprint density at radius 1 is 1.16 bits per heavy atom. The second kappa shape index (κ2) is 7.68. The summed E-state index contributed by atoms with van der Waals surface area (Å²) in [7, 11) is -3.83. The van der Waals surface area contributed by atoms with E-state index in [2.05, 4.69) is 35.1 Å². The molecule has 3 aromatic heterocycles. The Morgan fingerprint density at radius 2 is 1.90 bits per heavy atom. The fourth-order valence-corrected chi connectivity index (χ4v) is 3.74. The number of anilines is 3. The first-order chi connectivity index (χ1) is 14.7. The first-order valence-electron chi connectivity index (χ1n) is 9.04. The molecule has 4 aromatic rings. The zero-order valence-corrected chi connectivity index (χ0v) is 17.3. The summed E-state index contributed by atoms with van der Waals surface area (Å²) >= 11 is 0. The van der Waals surface area contributed by atoms with Crippen molar-refractivity contribution in [3.63, 3.8) is 0 Å². The molecular formula is C18H18N8O4S. The summed E-state index contributed by atoms with van der Waals surface area (Å²) < 4.78 is 32.5.